The van der Waals surface area contributed by atoms with Crippen LogP contribution in [-0.2, 0) is 31.5 Å². The van der Waals surface area contributed by atoms with Crippen molar-refractivity contribution in [3.63, 3.8) is 0 Å². The van der Waals surface area contributed by atoms with E-state index in [2.05, 4.69) is 0 Å². The Labute approximate surface area is 219 Å². The van der Waals surface area contributed by atoms with Crippen LogP contribution in [0.1, 0.15) is 49.8 Å². The summed E-state index contributed by atoms with van der Waals surface area (Å²) in [6, 6.07) is 4.38. The lowest BCUT2D eigenvalue weighted by atomic mass is 9.76. The van der Waals surface area contributed by atoms with Gasteiger partial charge in [-0.3, -0.25) is 4.79 Å². The number of aryl methyl sites for hydroxylation is 1. The van der Waals surface area contributed by atoms with Gasteiger partial charge in [-0.2, -0.15) is 26.3 Å². The summed E-state index contributed by atoms with van der Waals surface area (Å²) in [7, 11) is -4.49. The van der Waals surface area contributed by atoms with Crippen LogP contribution in [-0.4, -0.2) is 44.2 Å². The van der Waals surface area contributed by atoms with E-state index < -0.39 is 55.9 Å². The summed E-state index contributed by atoms with van der Waals surface area (Å²) in [6.07, 6.45) is -12.7. The number of sulfone groups is 1. The predicted molar refractivity (Wildman–Crippen MR) is 124 cm³/mol. The van der Waals surface area contributed by atoms with Crippen molar-refractivity contribution < 1.29 is 48.3 Å². The Bertz CT molecular complexity index is 1360. The maximum absolute atomic E-state index is 14.8. The SMILES string of the molecule is CCC(C)C(=O)N1CC[C@@]2(S(=O)(=O)c3ccc(F)cc3)c3ccc(C(F)(C(F)(F)F)C(F)(F)F)cc3CC[C@@H]12. The number of hydrogen-bond acceptors (Lipinski definition) is 3. The van der Waals surface area contributed by atoms with Crippen LogP contribution < -0.4 is 0 Å². The van der Waals surface area contributed by atoms with Crippen LogP contribution >= 0.6 is 0 Å². The average Bonchev–Trinajstić information content (AvgIpc) is 3.27. The number of carbonyl (C=O) groups excluding carboxylic acids is 1. The third-order valence-corrected chi connectivity index (χ3v) is 10.5. The van der Waals surface area contributed by atoms with E-state index in [1.54, 1.807) is 13.8 Å². The van der Waals surface area contributed by atoms with Gasteiger partial charge in [0, 0.05) is 18.0 Å². The molecule has 13 heteroatoms. The third-order valence-electron chi connectivity index (χ3n) is 7.99. The Morgan fingerprint density at radius 3 is 2.15 bits per heavy atom. The number of rotatable bonds is 5. The minimum absolute atomic E-state index is 0.0341. The van der Waals surface area contributed by atoms with Gasteiger partial charge in [-0.15, -0.1) is 0 Å². The van der Waals surface area contributed by atoms with Crippen LogP contribution in [0.5, 0.6) is 0 Å². The molecule has 0 spiro atoms. The fourth-order valence-electron chi connectivity index (χ4n) is 5.78. The van der Waals surface area contributed by atoms with E-state index >= 15 is 0 Å². The van der Waals surface area contributed by atoms with Crippen LogP contribution in [0.25, 0.3) is 0 Å². The molecular weight excluding hydrogens is 558 g/mol. The van der Waals surface area contributed by atoms with E-state index in [4.69, 9.17) is 0 Å². The highest BCUT2D eigenvalue weighted by molar-refractivity contribution is 7.92. The second-order valence-electron chi connectivity index (χ2n) is 10.0. The molecule has 1 aliphatic heterocycles. The Kier molecular flexibility index (Phi) is 7.09. The molecule has 0 radical (unpaired) electrons. The fourth-order valence-corrected chi connectivity index (χ4v) is 8.14. The zero-order valence-electron chi connectivity index (χ0n) is 20.8. The lowest BCUT2D eigenvalue weighted by Crippen LogP contribution is -2.53. The molecule has 1 unspecified atom stereocenters. The summed E-state index contributed by atoms with van der Waals surface area (Å²) < 4.78 is 135. The molecular formula is C26H25F8NO3S. The summed E-state index contributed by atoms with van der Waals surface area (Å²) in [5.74, 6) is -1.53. The van der Waals surface area contributed by atoms with Crippen molar-refractivity contribution in [3.8, 4) is 0 Å². The third kappa shape index (κ3) is 4.22. The molecule has 1 amide bonds. The predicted octanol–water partition coefficient (Wildman–Crippen LogP) is 6.38. The minimum Gasteiger partial charge on any atom is -0.337 e. The molecule has 0 saturated carbocycles. The molecule has 3 atom stereocenters. The molecule has 1 saturated heterocycles. The zero-order chi connectivity index (χ0) is 29.2. The van der Waals surface area contributed by atoms with E-state index in [1.165, 1.54) is 4.90 Å². The molecule has 39 heavy (non-hydrogen) atoms. The number of nitrogens with zero attached hydrogens (tertiary/aromatic N) is 1. The van der Waals surface area contributed by atoms with Gasteiger partial charge in [0.2, 0.25) is 5.91 Å². The maximum atomic E-state index is 14.8. The number of amides is 1. The van der Waals surface area contributed by atoms with E-state index in [-0.39, 0.29) is 47.7 Å². The molecule has 2 aromatic carbocycles. The van der Waals surface area contributed by atoms with Gasteiger partial charge >= 0.3 is 18.0 Å². The topological polar surface area (TPSA) is 54.5 Å². The van der Waals surface area contributed by atoms with Crippen LogP contribution in [0.2, 0.25) is 0 Å². The smallest absolute Gasteiger partial charge is 0.337 e. The zero-order valence-corrected chi connectivity index (χ0v) is 21.7. The van der Waals surface area contributed by atoms with E-state index in [1.807, 2.05) is 0 Å². The van der Waals surface area contributed by atoms with Gasteiger partial charge in [-0.25, -0.2) is 17.2 Å². The Balaban J connectivity index is 1.96. The lowest BCUT2D eigenvalue weighted by Gasteiger charge is -2.43. The number of halogens is 8. The summed E-state index contributed by atoms with van der Waals surface area (Å²) in [5, 5.41) is 0. The normalized spacial score (nSPS) is 22.8. The number of alkyl halides is 7. The monoisotopic (exact) mass is 583 g/mol. The highest BCUT2D eigenvalue weighted by Crippen LogP contribution is 2.56. The van der Waals surface area contributed by atoms with Crippen molar-refractivity contribution in [3.05, 3.63) is 65.0 Å². The first-order chi connectivity index (χ1) is 17.9. The van der Waals surface area contributed by atoms with Crippen molar-refractivity contribution in [1.29, 1.82) is 0 Å². The number of carbonyl (C=O) groups is 1. The molecule has 214 valence electrons. The number of hydrogen-bond donors (Lipinski definition) is 0. The van der Waals surface area contributed by atoms with Gasteiger partial charge < -0.3 is 4.90 Å². The van der Waals surface area contributed by atoms with Gasteiger partial charge in [0.1, 0.15) is 10.6 Å². The molecule has 4 rings (SSSR count). The van der Waals surface area contributed by atoms with Crippen molar-refractivity contribution in [2.24, 2.45) is 5.92 Å². The van der Waals surface area contributed by atoms with Crippen LogP contribution in [0.4, 0.5) is 35.1 Å². The van der Waals surface area contributed by atoms with Crippen molar-refractivity contribution in [2.75, 3.05) is 6.54 Å². The van der Waals surface area contributed by atoms with Crippen molar-refractivity contribution in [1.82, 2.24) is 4.90 Å². The molecule has 0 bridgehead atoms. The second-order valence-corrected chi connectivity index (χ2v) is 12.2. The van der Waals surface area contributed by atoms with Crippen molar-refractivity contribution >= 4 is 15.7 Å². The summed E-state index contributed by atoms with van der Waals surface area (Å²) in [4.78, 5) is 14.3. The Morgan fingerprint density at radius 2 is 1.62 bits per heavy atom. The van der Waals surface area contributed by atoms with E-state index in [0.717, 1.165) is 30.3 Å². The quantitative estimate of drug-likeness (QED) is 0.304. The largest absolute Gasteiger partial charge is 0.435 e. The molecule has 2 aliphatic rings. The van der Waals surface area contributed by atoms with Crippen LogP contribution in [0.3, 0.4) is 0 Å². The fraction of sp³-hybridized carbons (Fsp3) is 0.500. The van der Waals surface area contributed by atoms with Crippen LogP contribution in [0, 0.1) is 11.7 Å². The first-order valence-electron chi connectivity index (χ1n) is 12.2. The first-order valence-corrected chi connectivity index (χ1v) is 13.7. The first kappa shape index (κ1) is 29.3. The minimum atomic E-state index is -6.33. The number of benzene rings is 2. The molecule has 4 nitrogen and oxygen atoms in total. The summed E-state index contributed by atoms with van der Waals surface area (Å²) >= 11 is 0. The van der Waals surface area contributed by atoms with Gasteiger partial charge in [-0.1, -0.05) is 32.0 Å². The van der Waals surface area contributed by atoms with Gasteiger partial charge in [0.25, 0.3) is 0 Å². The highest BCUT2D eigenvalue weighted by atomic mass is 32.2. The molecule has 1 heterocycles. The summed E-state index contributed by atoms with van der Waals surface area (Å²) in [5.41, 5.74) is -7.68. The molecule has 1 fully saturated rings. The molecule has 0 aromatic heterocycles. The Morgan fingerprint density at radius 1 is 1.03 bits per heavy atom. The van der Waals surface area contributed by atoms with Crippen LogP contribution in [0.15, 0.2) is 47.4 Å². The standard InChI is InChI=1S/C26H25F8NO3S/c1-3-15(2)22(36)35-13-12-23(39(37,38)19-8-6-18(27)7-9-19)20-10-5-17(14-16(20)4-11-21(23)35)24(28,25(29,30)31)26(32,33)34/h5-10,14-15,21H,3-4,11-13H2,1-2H3/t15?,21-,23-/m1/s1. The van der Waals surface area contributed by atoms with Gasteiger partial charge in [0.15, 0.2) is 9.84 Å². The molecule has 0 N–H and O–H groups in total. The highest BCUT2D eigenvalue weighted by Gasteiger charge is 2.73. The molecule has 1 aliphatic carbocycles. The summed E-state index contributed by atoms with van der Waals surface area (Å²) in [6.45, 7) is 3.39. The lowest BCUT2D eigenvalue weighted by molar-refractivity contribution is -0.348. The average molecular weight is 584 g/mol. The van der Waals surface area contributed by atoms with Crippen molar-refractivity contribution in [2.45, 2.75) is 73.2 Å². The van der Waals surface area contributed by atoms with E-state index in [9.17, 15) is 48.3 Å². The maximum Gasteiger partial charge on any atom is 0.435 e. The Hall–Kier alpha value is -2.70. The molecule has 2 aromatic rings. The van der Waals surface area contributed by atoms with Gasteiger partial charge in [0.05, 0.1) is 10.9 Å². The number of likely N-dealkylation sites (tertiary alicyclic amines) is 1. The second kappa shape index (κ2) is 9.45. The van der Waals surface area contributed by atoms with E-state index in [0.29, 0.717) is 18.6 Å². The number of fused-ring (bicyclic) bond motifs is 3. The van der Waals surface area contributed by atoms with Gasteiger partial charge in [-0.05, 0) is 61.1 Å².